The Bertz CT molecular complexity index is 1030. The van der Waals surface area contributed by atoms with Gasteiger partial charge >= 0.3 is 6.03 Å². The molecule has 3 rings (SSSR count). The van der Waals surface area contributed by atoms with Crippen LogP contribution in [0.15, 0.2) is 60.8 Å². The molecule has 2 aromatic carbocycles. The molecule has 0 atom stereocenters. The molecule has 1 heterocycles. The van der Waals surface area contributed by atoms with Gasteiger partial charge in [-0.05, 0) is 36.4 Å². The van der Waals surface area contributed by atoms with Gasteiger partial charge in [-0.25, -0.2) is 9.78 Å². The lowest BCUT2D eigenvalue weighted by atomic mass is 10.2. The maximum Gasteiger partial charge on any atom is 0.326 e. The number of benzene rings is 2. The summed E-state index contributed by atoms with van der Waals surface area (Å²) < 4.78 is 5.56. The Morgan fingerprint density at radius 1 is 0.929 bits per heavy atom. The number of anilines is 1. The molecular weight excluding hydrogens is 425 g/mol. The summed E-state index contributed by atoms with van der Waals surface area (Å²) in [6, 6.07) is 13.5. The third-order valence-electron chi connectivity index (χ3n) is 3.45. The lowest BCUT2D eigenvalue weighted by Crippen LogP contribution is -2.34. The Morgan fingerprint density at radius 2 is 1.71 bits per heavy atom. The molecule has 0 saturated heterocycles. The van der Waals surface area contributed by atoms with Crippen molar-refractivity contribution in [3.63, 3.8) is 0 Å². The zero-order valence-corrected chi connectivity index (χ0v) is 16.3. The lowest BCUT2D eigenvalue weighted by molar-refractivity contribution is 0.0967. The number of hydrogen-bond acceptors (Lipinski definition) is 4. The highest BCUT2D eigenvalue weighted by Crippen LogP contribution is 2.31. The summed E-state index contributed by atoms with van der Waals surface area (Å²) in [5.74, 6) is 0.0349. The van der Waals surface area contributed by atoms with Crippen molar-refractivity contribution in [2.45, 2.75) is 0 Å². The van der Waals surface area contributed by atoms with Gasteiger partial charge in [-0.2, -0.15) is 0 Å². The number of nitrogens with one attached hydrogen (secondary N) is 2. The molecule has 0 aliphatic carbocycles. The van der Waals surface area contributed by atoms with Crippen molar-refractivity contribution in [3.8, 4) is 11.6 Å². The van der Waals surface area contributed by atoms with E-state index < -0.39 is 11.9 Å². The van der Waals surface area contributed by atoms with E-state index in [1.54, 1.807) is 42.5 Å². The van der Waals surface area contributed by atoms with Crippen LogP contribution >= 0.6 is 34.8 Å². The first-order valence-corrected chi connectivity index (χ1v) is 9.01. The third-order valence-corrected chi connectivity index (χ3v) is 4.30. The van der Waals surface area contributed by atoms with Gasteiger partial charge in [0.25, 0.3) is 5.91 Å². The van der Waals surface area contributed by atoms with Crippen molar-refractivity contribution < 1.29 is 14.3 Å². The second-order valence-electron chi connectivity index (χ2n) is 5.45. The molecule has 9 heteroatoms. The molecule has 0 radical (unpaired) electrons. The highest BCUT2D eigenvalue weighted by molar-refractivity contribution is 6.34. The predicted molar refractivity (Wildman–Crippen MR) is 109 cm³/mol. The first-order valence-electron chi connectivity index (χ1n) is 7.88. The number of halogens is 3. The van der Waals surface area contributed by atoms with Gasteiger partial charge in [0.2, 0.25) is 5.88 Å². The Morgan fingerprint density at radius 3 is 2.39 bits per heavy atom. The van der Waals surface area contributed by atoms with E-state index in [0.29, 0.717) is 22.3 Å². The Labute approximate surface area is 175 Å². The van der Waals surface area contributed by atoms with Crippen molar-refractivity contribution >= 4 is 52.4 Å². The molecule has 142 valence electrons. The SMILES string of the molecule is O=C(NC(=O)c1ccccc1Cl)Nc1ccc(Oc2ccc(Cl)cn2)c(Cl)c1. The van der Waals surface area contributed by atoms with Crippen LogP contribution in [0.1, 0.15) is 10.4 Å². The van der Waals surface area contributed by atoms with E-state index in [-0.39, 0.29) is 15.6 Å². The second kappa shape index (κ2) is 8.93. The maximum atomic E-state index is 12.1. The molecule has 0 saturated carbocycles. The van der Waals surface area contributed by atoms with Crippen LogP contribution in [-0.4, -0.2) is 16.9 Å². The average Bonchev–Trinajstić information content (AvgIpc) is 2.66. The van der Waals surface area contributed by atoms with E-state index >= 15 is 0 Å². The smallest absolute Gasteiger partial charge is 0.326 e. The molecule has 0 spiro atoms. The van der Waals surface area contributed by atoms with Crippen molar-refractivity contribution in [1.82, 2.24) is 10.3 Å². The number of aromatic nitrogens is 1. The number of urea groups is 1. The Kier molecular flexibility index (Phi) is 6.36. The molecule has 3 amide bonds. The minimum Gasteiger partial charge on any atom is -0.437 e. The zero-order valence-electron chi connectivity index (χ0n) is 14.1. The van der Waals surface area contributed by atoms with Gasteiger partial charge in [0, 0.05) is 18.0 Å². The van der Waals surface area contributed by atoms with Crippen LogP contribution in [-0.2, 0) is 0 Å². The fourth-order valence-electron chi connectivity index (χ4n) is 2.17. The Hall–Kier alpha value is -2.80. The van der Waals surface area contributed by atoms with E-state index in [9.17, 15) is 9.59 Å². The predicted octanol–water partition coefficient (Wildman–Crippen LogP) is 5.80. The third kappa shape index (κ3) is 5.13. The van der Waals surface area contributed by atoms with Crippen LogP contribution in [0.4, 0.5) is 10.5 Å². The second-order valence-corrected chi connectivity index (χ2v) is 6.70. The molecule has 0 aliphatic rings. The molecule has 0 fully saturated rings. The first kappa shape index (κ1) is 19.9. The van der Waals surface area contributed by atoms with Crippen molar-refractivity contribution in [2.24, 2.45) is 0 Å². The summed E-state index contributed by atoms with van der Waals surface area (Å²) in [6.45, 7) is 0. The average molecular weight is 437 g/mol. The van der Waals surface area contributed by atoms with E-state index in [0.717, 1.165) is 0 Å². The number of nitrogens with zero attached hydrogens (tertiary/aromatic N) is 1. The van der Waals surface area contributed by atoms with Crippen LogP contribution in [0.2, 0.25) is 15.1 Å². The van der Waals surface area contributed by atoms with Crippen molar-refractivity contribution in [2.75, 3.05) is 5.32 Å². The minimum atomic E-state index is -0.728. The number of pyridine rings is 1. The first-order chi connectivity index (χ1) is 13.4. The van der Waals surface area contributed by atoms with E-state index in [1.807, 2.05) is 0 Å². The highest BCUT2D eigenvalue weighted by Gasteiger charge is 2.14. The zero-order chi connectivity index (χ0) is 20.1. The van der Waals surface area contributed by atoms with Crippen LogP contribution < -0.4 is 15.4 Å². The van der Waals surface area contributed by atoms with Crippen LogP contribution in [0, 0.1) is 0 Å². The topological polar surface area (TPSA) is 80.3 Å². The number of imide groups is 1. The summed E-state index contributed by atoms with van der Waals surface area (Å²) in [5.41, 5.74) is 0.558. The molecule has 3 aromatic rings. The monoisotopic (exact) mass is 435 g/mol. The maximum absolute atomic E-state index is 12.1. The quantitative estimate of drug-likeness (QED) is 0.542. The van der Waals surface area contributed by atoms with Gasteiger partial charge in [0.05, 0.1) is 20.6 Å². The summed E-state index contributed by atoms with van der Waals surface area (Å²) in [6.07, 6.45) is 1.45. The fourth-order valence-corrected chi connectivity index (χ4v) is 2.73. The van der Waals surface area contributed by atoms with Crippen molar-refractivity contribution in [3.05, 3.63) is 81.4 Å². The van der Waals surface area contributed by atoms with Gasteiger partial charge < -0.3 is 10.1 Å². The minimum absolute atomic E-state index is 0.191. The number of ether oxygens (including phenoxy) is 1. The number of amides is 3. The van der Waals surface area contributed by atoms with Gasteiger partial charge in [-0.15, -0.1) is 0 Å². The molecule has 0 unspecified atom stereocenters. The number of carbonyl (C=O) groups is 2. The standard InChI is InChI=1S/C19H12Cl3N3O3/c20-11-5-8-17(23-10-11)28-16-7-6-12(9-15(16)22)24-19(27)25-18(26)13-3-1-2-4-14(13)21/h1-10H,(H2,24,25,26,27). The van der Waals surface area contributed by atoms with Crippen LogP contribution in [0.5, 0.6) is 11.6 Å². The molecule has 6 nitrogen and oxygen atoms in total. The normalized spacial score (nSPS) is 10.2. The molecule has 1 aromatic heterocycles. The van der Waals surface area contributed by atoms with E-state index in [2.05, 4.69) is 15.6 Å². The number of rotatable bonds is 4. The molecule has 0 aliphatic heterocycles. The van der Waals surface area contributed by atoms with Crippen molar-refractivity contribution in [1.29, 1.82) is 0 Å². The van der Waals surface area contributed by atoms with Crippen LogP contribution in [0.25, 0.3) is 0 Å². The summed E-state index contributed by atoms with van der Waals surface area (Å²) in [7, 11) is 0. The largest absolute Gasteiger partial charge is 0.437 e. The fraction of sp³-hybridized carbons (Fsp3) is 0. The summed E-state index contributed by atoms with van der Waals surface area (Å²) in [4.78, 5) is 28.2. The highest BCUT2D eigenvalue weighted by atomic mass is 35.5. The molecule has 28 heavy (non-hydrogen) atoms. The summed E-state index contributed by atoms with van der Waals surface area (Å²) in [5, 5.41) is 5.68. The molecule has 2 N–H and O–H groups in total. The lowest BCUT2D eigenvalue weighted by Gasteiger charge is -2.10. The van der Waals surface area contributed by atoms with Gasteiger partial charge in [-0.1, -0.05) is 46.9 Å². The van der Waals surface area contributed by atoms with Crippen LogP contribution in [0.3, 0.4) is 0 Å². The Balaban J connectivity index is 1.63. The number of hydrogen-bond donors (Lipinski definition) is 2. The van der Waals surface area contributed by atoms with E-state index in [1.165, 1.54) is 18.3 Å². The van der Waals surface area contributed by atoms with Gasteiger partial charge in [-0.3, -0.25) is 10.1 Å². The number of carbonyl (C=O) groups excluding carboxylic acids is 2. The molecule has 0 bridgehead atoms. The van der Waals surface area contributed by atoms with E-state index in [4.69, 9.17) is 39.5 Å². The van der Waals surface area contributed by atoms with Gasteiger partial charge in [0.15, 0.2) is 0 Å². The summed E-state index contributed by atoms with van der Waals surface area (Å²) >= 11 is 17.9. The van der Waals surface area contributed by atoms with Gasteiger partial charge in [0.1, 0.15) is 5.75 Å². The molecular formula is C19H12Cl3N3O3.